The molecule has 1 N–H and O–H groups in total. The van der Waals surface area contributed by atoms with E-state index in [1.165, 1.54) is 20.4 Å². The fourth-order valence-corrected chi connectivity index (χ4v) is 6.09. The molecule has 0 aliphatic heterocycles. The third-order valence-electron chi connectivity index (χ3n) is 6.72. The van der Waals surface area contributed by atoms with Gasteiger partial charge in [0.1, 0.15) is 23.1 Å². The number of amides is 1. The van der Waals surface area contributed by atoms with Crippen molar-refractivity contribution >= 4 is 44.8 Å². The summed E-state index contributed by atoms with van der Waals surface area (Å²) in [5.74, 6) is -1.66. The van der Waals surface area contributed by atoms with E-state index in [1.54, 1.807) is 9.62 Å². The van der Waals surface area contributed by atoms with Crippen LogP contribution < -0.4 is 18.9 Å². The largest absolute Gasteiger partial charge is 0.491 e. The number of methoxy groups -OCH3 is 2. The number of alkyl halides is 6. The van der Waals surface area contributed by atoms with Crippen molar-refractivity contribution in [3.8, 4) is 17.5 Å². The Morgan fingerprint density at radius 3 is 2.29 bits per heavy atom. The van der Waals surface area contributed by atoms with Gasteiger partial charge in [-0.25, -0.2) is 21.9 Å². The molecule has 0 atom stereocenters. The third-order valence-corrected chi connectivity index (χ3v) is 8.35. The summed E-state index contributed by atoms with van der Waals surface area (Å²) < 4.78 is 114. The van der Waals surface area contributed by atoms with Crippen molar-refractivity contribution in [2.45, 2.75) is 38.3 Å². The summed E-state index contributed by atoms with van der Waals surface area (Å²) in [6, 6.07) is 11.9. The number of sulfonamides is 1. The number of allylic oxidation sites excluding steroid dienone is 1. The van der Waals surface area contributed by atoms with Gasteiger partial charge in [0.15, 0.2) is 5.75 Å². The molecule has 52 heavy (non-hydrogen) atoms. The lowest BCUT2D eigenvalue weighted by atomic mass is 10.1. The summed E-state index contributed by atoms with van der Waals surface area (Å²) in [4.78, 5) is 20.2. The summed E-state index contributed by atoms with van der Waals surface area (Å²) in [6.07, 6.45) is -6.99. The molecule has 284 valence electrons. The number of nitrogens with zero attached hydrogens (tertiary/aromatic N) is 5. The number of ether oxygens (including phenoxy) is 4. The number of anilines is 1. The van der Waals surface area contributed by atoms with E-state index < -0.39 is 51.4 Å². The summed E-state index contributed by atoms with van der Waals surface area (Å²) >= 11 is 5.74. The monoisotopic (exact) mass is 778 g/mol. The highest BCUT2D eigenvalue weighted by atomic mass is 35.5. The average Bonchev–Trinajstić information content (AvgIpc) is 3.52. The molecule has 2 aromatic heterocycles. The molecular weight excluding hydrogens is 743 g/mol. The zero-order valence-electron chi connectivity index (χ0n) is 28.6. The number of nitrogens with one attached hydrogen (secondary N) is 1. The van der Waals surface area contributed by atoms with E-state index >= 15 is 0 Å². The summed E-state index contributed by atoms with van der Waals surface area (Å²) in [5.41, 5.74) is 1.32. The summed E-state index contributed by atoms with van der Waals surface area (Å²) in [5, 5.41) is 3.80. The number of carbonyl (C=O) groups excluding carboxylic acids is 1. The maximum atomic E-state index is 13.5. The molecule has 1 amide bonds. The lowest BCUT2D eigenvalue weighted by Crippen LogP contribution is -2.34. The molecule has 20 heteroatoms. The van der Waals surface area contributed by atoms with Gasteiger partial charge in [-0.2, -0.15) is 27.7 Å². The van der Waals surface area contributed by atoms with Gasteiger partial charge >= 0.3 is 12.2 Å². The number of benzene rings is 2. The first-order valence-corrected chi connectivity index (χ1v) is 17.3. The molecule has 0 saturated carbocycles. The lowest BCUT2D eigenvalue weighted by molar-refractivity contribution is -0.140. The molecule has 0 aliphatic carbocycles. The van der Waals surface area contributed by atoms with E-state index in [2.05, 4.69) is 19.8 Å². The smallest absolute Gasteiger partial charge is 0.417 e. The number of hydrogen-bond donors (Lipinski definition) is 1. The summed E-state index contributed by atoms with van der Waals surface area (Å²) in [7, 11) is -2.56. The second-order valence-electron chi connectivity index (χ2n) is 10.5. The van der Waals surface area contributed by atoms with Crippen LogP contribution in [0.15, 0.2) is 65.2 Å². The van der Waals surface area contributed by atoms with Gasteiger partial charge in [0.25, 0.3) is 22.4 Å². The Hall–Kier alpha value is -4.75. The first-order chi connectivity index (χ1) is 24.6. The molecule has 0 aliphatic rings. The third kappa shape index (κ3) is 10.6. The molecule has 13 nitrogen and oxygen atoms in total. The minimum absolute atomic E-state index is 0.0320. The van der Waals surface area contributed by atoms with Crippen molar-refractivity contribution in [2.24, 2.45) is 0 Å². The molecule has 0 bridgehead atoms. The van der Waals surface area contributed by atoms with Crippen LogP contribution in [0.2, 0.25) is 0 Å². The Kier molecular flexibility index (Phi) is 14.9. The maximum Gasteiger partial charge on any atom is 0.417 e. The molecule has 4 aromatic rings. The molecule has 0 saturated heterocycles. The summed E-state index contributed by atoms with van der Waals surface area (Å²) in [6.45, 7) is 6.26. The fourth-order valence-electron chi connectivity index (χ4n) is 4.66. The molecular formula is C32H36ClF5N6O7S. The van der Waals surface area contributed by atoms with Crippen LogP contribution in [0, 0.1) is 0 Å². The van der Waals surface area contributed by atoms with Crippen LogP contribution in [0.5, 0.6) is 17.5 Å². The second kappa shape index (κ2) is 18.7. The highest BCUT2D eigenvalue weighted by Crippen LogP contribution is 2.39. The van der Waals surface area contributed by atoms with E-state index in [4.69, 9.17) is 25.8 Å². The molecule has 0 spiro atoms. The van der Waals surface area contributed by atoms with Crippen molar-refractivity contribution in [3.05, 3.63) is 71.4 Å². The van der Waals surface area contributed by atoms with Crippen molar-refractivity contribution in [1.29, 1.82) is 0 Å². The van der Waals surface area contributed by atoms with Crippen molar-refractivity contribution in [2.75, 3.05) is 51.2 Å². The number of hydrogen-bond acceptors (Lipinski definition) is 10. The first kappa shape index (κ1) is 41.7. The lowest BCUT2D eigenvalue weighted by Gasteiger charge is -2.26. The number of carbonyl (C=O) groups is 1. The van der Waals surface area contributed by atoms with Crippen LogP contribution in [0.3, 0.4) is 0 Å². The van der Waals surface area contributed by atoms with Gasteiger partial charge in [0, 0.05) is 18.8 Å². The van der Waals surface area contributed by atoms with Crippen LogP contribution in [-0.2, 0) is 25.7 Å². The molecule has 0 radical (unpaired) electrons. The van der Waals surface area contributed by atoms with Crippen LogP contribution in [0.4, 0.5) is 27.9 Å². The minimum atomic E-state index is -5.14. The van der Waals surface area contributed by atoms with E-state index in [0.717, 1.165) is 33.5 Å². The minimum Gasteiger partial charge on any atom is -0.491 e. The molecule has 4 rings (SSSR count). The number of halogens is 6. The highest BCUT2D eigenvalue weighted by molar-refractivity contribution is 7.92. The van der Waals surface area contributed by atoms with Crippen molar-refractivity contribution in [3.63, 3.8) is 0 Å². The highest BCUT2D eigenvalue weighted by Gasteiger charge is 2.40. The Balaban J connectivity index is 0.000000314. The van der Waals surface area contributed by atoms with Crippen LogP contribution in [0.25, 0.3) is 11.3 Å². The second-order valence-corrected chi connectivity index (χ2v) is 12.4. The van der Waals surface area contributed by atoms with Crippen LogP contribution in [0.1, 0.15) is 31.9 Å². The molecule has 2 aromatic carbocycles. The van der Waals surface area contributed by atoms with Gasteiger partial charge in [0.05, 0.1) is 32.6 Å². The standard InChI is InChI=1S/C16H22ClNO2.C16H14F5N5O5S/c1-4-20-11-10-18(15(19)12-17)16(13(2)3)14-8-6-5-7-9-14;1-29-10-6-22-15(30-2)26-13(10)23-14(24-26)25-32(27,28)12-8(16(19,20)21)4-3-5-9(12)31-7-11(17)18/h5-9H,4,10-12H2,1-3H3;3-6,11H,7H2,1-2H3,(H,24,25). The molecule has 0 fully saturated rings. The zero-order chi connectivity index (χ0) is 38.6. The molecule has 0 unspecified atom stereocenters. The van der Waals surface area contributed by atoms with Gasteiger partial charge in [-0.3, -0.25) is 4.79 Å². The van der Waals surface area contributed by atoms with E-state index in [0.29, 0.717) is 25.8 Å². The number of fused-ring (bicyclic) bond motifs is 1. The van der Waals surface area contributed by atoms with Crippen molar-refractivity contribution in [1.82, 2.24) is 24.5 Å². The number of rotatable bonds is 15. The Labute approximate surface area is 301 Å². The van der Waals surface area contributed by atoms with E-state index in [1.807, 2.05) is 51.1 Å². The predicted molar refractivity (Wildman–Crippen MR) is 181 cm³/mol. The predicted octanol–water partition coefficient (Wildman–Crippen LogP) is 6.15. The van der Waals surface area contributed by atoms with E-state index in [-0.39, 0.29) is 29.2 Å². The Morgan fingerprint density at radius 2 is 1.73 bits per heavy atom. The van der Waals surface area contributed by atoms with Gasteiger partial charge in [-0.15, -0.1) is 16.7 Å². The maximum absolute atomic E-state index is 13.5. The first-order valence-electron chi connectivity index (χ1n) is 15.2. The Morgan fingerprint density at radius 1 is 1.04 bits per heavy atom. The van der Waals surface area contributed by atoms with Crippen LogP contribution >= 0.6 is 11.6 Å². The fraction of sp³-hybridized carbons (Fsp3) is 0.375. The normalized spacial score (nSPS) is 11.5. The van der Waals surface area contributed by atoms with Gasteiger partial charge < -0.3 is 23.8 Å². The average molecular weight is 779 g/mol. The van der Waals surface area contributed by atoms with Crippen LogP contribution in [-0.4, -0.2) is 91.7 Å². The van der Waals surface area contributed by atoms with Gasteiger partial charge in [-0.05, 0) is 38.5 Å². The number of aromatic nitrogens is 4. The van der Waals surface area contributed by atoms with Crippen molar-refractivity contribution < 1.29 is 54.1 Å². The quantitative estimate of drug-likeness (QED) is 0.0848. The Bertz CT molecular complexity index is 1900. The van der Waals surface area contributed by atoms with Gasteiger partial charge in [0.2, 0.25) is 11.6 Å². The molecule has 2 heterocycles. The topological polar surface area (TPSA) is 146 Å². The van der Waals surface area contributed by atoms with E-state index in [9.17, 15) is 35.2 Å². The zero-order valence-corrected chi connectivity index (χ0v) is 30.2. The SMILES string of the molecule is CCOCCN(C(=O)CCl)C(=C(C)C)c1ccccc1.COc1cnc(OC)n2nc(NS(=O)(=O)c3c(OCC(F)F)cccc3C(F)(F)F)nc12. The van der Waals surface area contributed by atoms with Gasteiger partial charge in [-0.1, -0.05) is 42.0 Å².